The first kappa shape index (κ1) is 6.48. The summed E-state index contributed by atoms with van der Waals surface area (Å²) in [6.07, 6.45) is 4.98. The average Bonchev–Trinajstić information content (AvgIpc) is 1.68. The molecule has 0 aromatic heterocycles. The standard InChI is InChI=1S/C7H12/c1-4-6-7(3)5-2/h4,6H,1,5H2,2-3H3/b7-6-. The molecule has 0 heterocycles. The van der Waals surface area contributed by atoms with Gasteiger partial charge in [0.25, 0.3) is 0 Å². The third-order valence-corrected chi connectivity index (χ3v) is 0.960. The van der Waals surface area contributed by atoms with Crippen LogP contribution in [0.1, 0.15) is 20.3 Å². The van der Waals surface area contributed by atoms with Crippen molar-refractivity contribution in [3.8, 4) is 0 Å². The van der Waals surface area contributed by atoms with Crippen molar-refractivity contribution in [1.29, 1.82) is 0 Å². The first-order chi connectivity index (χ1) is 3.31. The fraction of sp³-hybridized carbons (Fsp3) is 0.429. The number of hydrogen-bond donors (Lipinski definition) is 0. The topological polar surface area (TPSA) is 0 Å². The van der Waals surface area contributed by atoms with Crippen molar-refractivity contribution < 1.29 is 0 Å². The number of allylic oxidation sites excluding steroid dienone is 3. The molecule has 0 aromatic carbocycles. The Labute approximate surface area is 45.5 Å². The Morgan fingerprint density at radius 3 is 2.43 bits per heavy atom. The third-order valence-electron chi connectivity index (χ3n) is 0.960. The van der Waals surface area contributed by atoms with Gasteiger partial charge in [-0.15, -0.1) is 0 Å². The lowest BCUT2D eigenvalue weighted by atomic mass is 10.2. The summed E-state index contributed by atoms with van der Waals surface area (Å²) < 4.78 is 0. The summed E-state index contributed by atoms with van der Waals surface area (Å²) in [6, 6.07) is 0. The number of hydrogen-bond acceptors (Lipinski definition) is 0. The van der Waals surface area contributed by atoms with E-state index in [1.165, 1.54) is 5.57 Å². The highest BCUT2D eigenvalue weighted by Crippen LogP contribution is 1.95. The van der Waals surface area contributed by atoms with Gasteiger partial charge in [-0.3, -0.25) is 0 Å². The van der Waals surface area contributed by atoms with Crippen LogP contribution in [0.3, 0.4) is 0 Å². The maximum absolute atomic E-state index is 3.57. The molecule has 7 heavy (non-hydrogen) atoms. The summed E-state index contributed by atoms with van der Waals surface area (Å²) in [4.78, 5) is 0. The molecule has 0 unspecified atom stereocenters. The van der Waals surface area contributed by atoms with E-state index < -0.39 is 0 Å². The van der Waals surface area contributed by atoms with Gasteiger partial charge in [-0.1, -0.05) is 31.2 Å². The molecule has 0 radical (unpaired) electrons. The van der Waals surface area contributed by atoms with Crippen molar-refractivity contribution >= 4 is 0 Å². The van der Waals surface area contributed by atoms with Crippen LogP contribution in [0.25, 0.3) is 0 Å². The Kier molecular flexibility index (Phi) is 3.39. The summed E-state index contributed by atoms with van der Waals surface area (Å²) in [6.45, 7) is 7.81. The lowest BCUT2D eigenvalue weighted by molar-refractivity contribution is 1.10. The van der Waals surface area contributed by atoms with E-state index in [0.717, 1.165) is 6.42 Å². The Bertz CT molecular complexity index is 78.0. The predicted octanol–water partition coefficient (Wildman–Crippen LogP) is 2.53. The maximum atomic E-state index is 3.57. The van der Waals surface area contributed by atoms with Crippen LogP contribution in [0.5, 0.6) is 0 Å². The van der Waals surface area contributed by atoms with Gasteiger partial charge in [-0.25, -0.2) is 0 Å². The van der Waals surface area contributed by atoms with E-state index in [0.29, 0.717) is 0 Å². The van der Waals surface area contributed by atoms with Crippen LogP contribution >= 0.6 is 0 Å². The summed E-state index contributed by atoms with van der Waals surface area (Å²) in [5.74, 6) is 0. The van der Waals surface area contributed by atoms with E-state index in [1.54, 1.807) is 0 Å². The fourth-order valence-electron chi connectivity index (χ4n) is 0.319. The fourth-order valence-corrected chi connectivity index (χ4v) is 0.319. The number of rotatable bonds is 2. The van der Waals surface area contributed by atoms with Gasteiger partial charge in [0.15, 0.2) is 0 Å². The molecule has 0 spiro atoms. The summed E-state index contributed by atoms with van der Waals surface area (Å²) in [7, 11) is 0. The quantitative estimate of drug-likeness (QED) is 0.463. The molecule has 0 amide bonds. The van der Waals surface area contributed by atoms with Gasteiger partial charge in [-0.05, 0) is 13.3 Å². The van der Waals surface area contributed by atoms with Crippen molar-refractivity contribution in [1.82, 2.24) is 0 Å². The monoisotopic (exact) mass is 96.1 g/mol. The lowest BCUT2D eigenvalue weighted by Gasteiger charge is -1.86. The molecule has 0 bridgehead atoms. The van der Waals surface area contributed by atoms with Crippen LogP contribution < -0.4 is 0 Å². The minimum absolute atomic E-state index is 1.13. The largest absolute Gasteiger partial charge is 0.0991 e. The van der Waals surface area contributed by atoms with Crippen molar-refractivity contribution in [2.75, 3.05) is 0 Å². The van der Waals surface area contributed by atoms with Crippen molar-refractivity contribution in [3.05, 3.63) is 24.3 Å². The van der Waals surface area contributed by atoms with E-state index in [-0.39, 0.29) is 0 Å². The minimum atomic E-state index is 1.13. The van der Waals surface area contributed by atoms with Gasteiger partial charge in [-0.2, -0.15) is 0 Å². The van der Waals surface area contributed by atoms with Gasteiger partial charge in [0.05, 0.1) is 0 Å². The van der Waals surface area contributed by atoms with Crippen LogP contribution in [0.15, 0.2) is 24.3 Å². The third kappa shape index (κ3) is 3.31. The van der Waals surface area contributed by atoms with Gasteiger partial charge >= 0.3 is 0 Å². The molecule has 0 saturated heterocycles. The second-order valence-corrected chi connectivity index (χ2v) is 1.60. The predicted molar refractivity (Wildman–Crippen MR) is 34.2 cm³/mol. The second kappa shape index (κ2) is 3.66. The Hall–Kier alpha value is -0.520. The highest BCUT2D eigenvalue weighted by molar-refractivity contribution is 5.06. The van der Waals surface area contributed by atoms with Crippen molar-refractivity contribution in [3.63, 3.8) is 0 Å². The van der Waals surface area contributed by atoms with Gasteiger partial charge < -0.3 is 0 Å². The molecular weight excluding hydrogens is 84.1 g/mol. The molecule has 0 aliphatic carbocycles. The maximum Gasteiger partial charge on any atom is -0.0349 e. The van der Waals surface area contributed by atoms with E-state index in [2.05, 4.69) is 20.4 Å². The Morgan fingerprint density at radius 1 is 1.71 bits per heavy atom. The molecule has 0 rings (SSSR count). The van der Waals surface area contributed by atoms with Crippen LogP contribution in [0.4, 0.5) is 0 Å². The zero-order chi connectivity index (χ0) is 5.70. The molecule has 0 N–H and O–H groups in total. The zero-order valence-corrected chi connectivity index (χ0v) is 5.07. The highest BCUT2D eigenvalue weighted by Gasteiger charge is 1.74. The molecule has 0 fully saturated rings. The molecule has 0 heteroatoms. The summed E-state index contributed by atoms with van der Waals surface area (Å²) in [5, 5.41) is 0. The Morgan fingerprint density at radius 2 is 2.29 bits per heavy atom. The van der Waals surface area contributed by atoms with Crippen LogP contribution in [-0.2, 0) is 0 Å². The lowest BCUT2D eigenvalue weighted by Crippen LogP contribution is -1.65. The SMILES string of the molecule is C=C/C=C(/C)CC. The molecule has 0 nitrogen and oxygen atoms in total. The first-order valence-electron chi connectivity index (χ1n) is 2.59. The van der Waals surface area contributed by atoms with Gasteiger partial charge in [0.2, 0.25) is 0 Å². The van der Waals surface area contributed by atoms with Crippen molar-refractivity contribution in [2.24, 2.45) is 0 Å². The molecule has 0 aromatic rings. The summed E-state index contributed by atoms with van der Waals surface area (Å²) in [5.41, 5.74) is 1.38. The van der Waals surface area contributed by atoms with E-state index in [4.69, 9.17) is 0 Å². The van der Waals surface area contributed by atoms with Crippen LogP contribution in [0, 0.1) is 0 Å². The summed E-state index contributed by atoms with van der Waals surface area (Å²) >= 11 is 0. The zero-order valence-electron chi connectivity index (χ0n) is 5.07. The molecule has 40 valence electrons. The normalized spacial score (nSPS) is 11.4. The van der Waals surface area contributed by atoms with Crippen molar-refractivity contribution in [2.45, 2.75) is 20.3 Å². The molecule has 0 aliphatic rings. The molecule has 0 saturated carbocycles. The van der Waals surface area contributed by atoms with Crippen LogP contribution in [0.2, 0.25) is 0 Å². The van der Waals surface area contributed by atoms with E-state index >= 15 is 0 Å². The minimum Gasteiger partial charge on any atom is -0.0991 e. The first-order valence-corrected chi connectivity index (χ1v) is 2.59. The van der Waals surface area contributed by atoms with Crippen LogP contribution in [-0.4, -0.2) is 0 Å². The highest BCUT2D eigenvalue weighted by atomic mass is 13.8. The molecular formula is C7H12. The smallest absolute Gasteiger partial charge is 0.0349 e. The molecule has 0 aliphatic heterocycles. The van der Waals surface area contributed by atoms with E-state index in [9.17, 15) is 0 Å². The molecule has 0 atom stereocenters. The second-order valence-electron chi connectivity index (χ2n) is 1.60. The van der Waals surface area contributed by atoms with Gasteiger partial charge in [0, 0.05) is 0 Å². The van der Waals surface area contributed by atoms with Gasteiger partial charge in [0.1, 0.15) is 0 Å². The van der Waals surface area contributed by atoms with E-state index in [1.807, 2.05) is 12.2 Å². The Balaban J connectivity index is 3.49. The average molecular weight is 96.2 g/mol.